The number of carbonyl (C=O) groups is 3. The highest BCUT2D eigenvalue weighted by atomic mass is 16.4. The lowest BCUT2D eigenvalue weighted by molar-refractivity contribution is -0.137. The van der Waals surface area contributed by atoms with E-state index in [-0.39, 0.29) is 12.0 Å². The summed E-state index contributed by atoms with van der Waals surface area (Å²) in [6, 6.07) is 5.29. The van der Waals surface area contributed by atoms with Gasteiger partial charge < -0.3 is 20.8 Å². The van der Waals surface area contributed by atoms with Crippen LogP contribution in [0.1, 0.15) is 28.4 Å². The Kier molecular flexibility index (Phi) is 7.61. The normalized spacial score (nSPS) is 10.8. The summed E-state index contributed by atoms with van der Waals surface area (Å²) < 4.78 is 0. The molecule has 0 aromatic heterocycles. The summed E-state index contributed by atoms with van der Waals surface area (Å²) >= 11 is 0. The largest absolute Gasteiger partial charge is 0.481 e. The third-order valence-electron chi connectivity index (χ3n) is 2.17. The fourth-order valence-corrected chi connectivity index (χ4v) is 1.21. The number of carboxylic acid groups (broad SMARTS) is 2. The zero-order valence-corrected chi connectivity index (χ0v) is 11.3. The van der Waals surface area contributed by atoms with Gasteiger partial charge >= 0.3 is 11.9 Å². The molecule has 1 rings (SSSR count). The predicted octanol–water partition coefficient (Wildman–Crippen LogP) is 0.564. The molecule has 1 aromatic rings. The van der Waals surface area contributed by atoms with Crippen molar-refractivity contribution >= 4 is 18.3 Å². The molecule has 0 unspecified atom stereocenters. The third-order valence-corrected chi connectivity index (χ3v) is 2.17. The Labute approximate surface area is 116 Å². The van der Waals surface area contributed by atoms with E-state index in [4.69, 9.17) is 15.9 Å². The van der Waals surface area contributed by atoms with Crippen LogP contribution in [0, 0.1) is 0 Å². The minimum atomic E-state index is -1.06. The molecule has 0 aliphatic rings. The average molecular weight is 282 g/mol. The van der Waals surface area contributed by atoms with Crippen LogP contribution in [0.4, 0.5) is 0 Å². The molecule has 20 heavy (non-hydrogen) atoms. The molecule has 1 amide bonds. The molecule has 0 radical (unpaired) electrons. The van der Waals surface area contributed by atoms with Crippen molar-refractivity contribution in [3.05, 3.63) is 35.4 Å². The molecule has 1 aromatic carbocycles. The van der Waals surface area contributed by atoms with E-state index < -0.39 is 18.0 Å². The number of nitrogens with two attached hydrogens (primary N) is 1. The maximum Gasteiger partial charge on any atom is 0.335 e. The summed E-state index contributed by atoms with van der Waals surface area (Å²) in [5, 5.41) is 17.2. The van der Waals surface area contributed by atoms with E-state index in [1.165, 1.54) is 17.0 Å². The van der Waals surface area contributed by atoms with Gasteiger partial charge in [0, 0.05) is 20.1 Å². The maximum absolute atomic E-state index is 10.6. The van der Waals surface area contributed by atoms with E-state index in [0.717, 1.165) is 6.41 Å². The number of aliphatic carboxylic acids is 1. The standard InChI is InChI=1S/C10H11NO4.C3H7NO/c11-8(5-9(12)13)6-2-1-3-7(4-6)10(14)15;1-4(2)3-5/h1-4,8H,5,11H2,(H,12,13)(H,14,15);3H,1-2H3/t8-;/m1./s1. The van der Waals surface area contributed by atoms with Gasteiger partial charge in [0.2, 0.25) is 6.41 Å². The van der Waals surface area contributed by atoms with Crippen molar-refractivity contribution < 1.29 is 24.6 Å². The van der Waals surface area contributed by atoms with Crippen LogP contribution in [0.3, 0.4) is 0 Å². The Bertz CT molecular complexity index is 474. The second kappa shape index (κ2) is 8.65. The number of hydrogen-bond acceptors (Lipinski definition) is 4. The van der Waals surface area contributed by atoms with E-state index in [1.54, 1.807) is 26.2 Å². The van der Waals surface area contributed by atoms with Gasteiger partial charge in [-0.3, -0.25) is 9.59 Å². The van der Waals surface area contributed by atoms with Gasteiger partial charge in [-0.15, -0.1) is 0 Å². The Hall–Kier alpha value is -2.41. The Morgan fingerprint density at radius 1 is 1.35 bits per heavy atom. The summed E-state index contributed by atoms with van der Waals surface area (Å²) in [5.41, 5.74) is 6.21. The lowest BCUT2D eigenvalue weighted by atomic mass is 10.0. The monoisotopic (exact) mass is 282 g/mol. The van der Waals surface area contributed by atoms with E-state index >= 15 is 0 Å². The van der Waals surface area contributed by atoms with Crippen LogP contribution in [0.2, 0.25) is 0 Å². The zero-order chi connectivity index (χ0) is 15.7. The van der Waals surface area contributed by atoms with Gasteiger partial charge in [-0.05, 0) is 17.7 Å². The molecule has 0 spiro atoms. The van der Waals surface area contributed by atoms with Crippen molar-refractivity contribution in [1.82, 2.24) is 4.90 Å². The molecule has 7 nitrogen and oxygen atoms in total. The van der Waals surface area contributed by atoms with Gasteiger partial charge in [-0.25, -0.2) is 4.79 Å². The number of carboxylic acids is 2. The molecular weight excluding hydrogens is 264 g/mol. The Morgan fingerprint density at radius 2 is 1.90 bits per heavy atom. The van der Waals surface area contributed by atoms with Gasteiger partial charge in [-0.2, -0.15) is 0 Å². The third kappa shape index (κ3) is 7.12. The molecule has 0 heterocycles. The van der Waals surface area contributed by atoms with Crippen LogP contribution in [0.5, 0.6) is 0 Å². The molecule has 0 fully saturated rings. The molecule has 4 N–H and O–H groups in total. The van der Waals surface area contributed by atoms with Crippen LogP contribution in [0.25, 0.3) is 0 Å². The van der Waals surface area contributed by atoms with Crippen LogP contribution in [-0.2, 0) is 9.59 Å². The van der Waals surface area contributed by atoms with E-state index in [9.17, 15) is 14.4 Å². The first-order valence-electron chi connectivity index (χ1n) is 5.70. The van der Waals surface area contributed by atoms with Crippen molar-refractivity contribution in [1.29, 1.82) is 0 Å². The number of amides is 1. The molecule has 0 aliphatic heterocycles. The highest BCUT2D eigenvalue weighted by molar-refractivity contribution is 5.87. The van der Waals surface area contributed by atoms with Gasteiger partial charge in [0.05, 0.1) is 12.0 Å². The second-order valence-corrected chi connectivity index (χ2v) is 4.20. The van der Waals surface area contributed by atoms with Crippen molar-refractivity contribution in [3.63, 3.8) is 0 Å². The fraction of sp³-hybridized carbons (Fsp3) is 0.308. The van der Waals surface area contributed by atoms with Crippen molar-refractivity contribution in [2.45, 2.75) is 12.5 Å². The quantitative estimate of drug-likeness (QED) is 0.679. The Balaban J connectivity index is 0.000000621. The number of aromatic carboxylic acids is 1. The lowest BCUT2D eigenvalue weighted by Crippen LogP contribution is -2.15. The minimum Gasteiger partial charge on any atom is -0.481 e. The number of nitrogens with zero attached hydrogens (tertiary/aromatic N) is 1. The van der Waals surface area contributed by atoms with Gasteiger partial charge in [0.25, 0.3) is 0 Å². The highest BCUT2D eigenvalue weighted by Gasteiger charge is 2.12. The van der Waals surface area contributed by atoms with Crippen molar-refractivity contribution in [3.8, 4) is 0 Å². The first-order valence-corrected chi connectivity index (χ1v) is 5.70. The summed E-state index contributed by atoms with van der Waals surface area (Å²) in [6.45, 7) is 0. The summed E-state index contributed by atoms with van der Waals surface area (Å²) in [6.07, 6.45) is 0.531. The number of hydrogen-bond donors (Lipinski definition) is 3. The molecular formula is C13H18N2O5. The van der Waals surface area contributed by atoms with Crippen LogP contribution >= 0.6 is 0 Å². The van der Waals surface area contributed by atoms with Crippen LogP contribution < -0.4 is 5.73 Å². The lowest BCUT2D eigenvalue weighted by Gasteiger charge is -2.09. The first kappa shape index (κ1) is 17.6. The topological polar surface area (TPSA) is 121 Å². The maximum atomic E-state index is 10.6. The molecule has 0 saturated carbocycles. The SMILES string of the molecule is CN(C)C=O.N[C@H](CC(=O)O)c1cccc(C(=O)O)c1. The zero-order valence-electron chi connectivity index (χ0n) is 11.3. The van der Waals surface area contributed by atoms with Gasteiger partial charge in [0.1, 0.15) is 0 Å². The summed E-state index contributed by atoms with van der Waals surface area (Å²) in [5.74, 6) is -2.07. The van der Waals surface area contributed by atoms with E-state index in [2.05, 4.69) is 0 Å². The molecule has 110 valence electrons. The van der Waals surface area contributed by atoms with E-state index in [0.29, 0.717) is 5.56 Å². The number of carbonyl (C=O) groups excluding carboxylic acids is 1. The van der Waals surface area contributed by atoms with Gasteiger partial charge in [0.15, 0.2) is 0 Å². The molecule has 1 atom stereocenters. The summed E-state index contributed by atoms with van der Waals surface area (Å²) in [7, 11) is 3.38. The summed E-state index contributed by atoms with van der Waals surface area (Å²) in [4.78, 5) is 31.9. The smallest absolute Gasteiger partial charge is 0.335 e. The van der Waals surface area contributed by atoms with Gasteiger partial charge in [-0.1, -0.05) is 12.1 Å². The average Bonchev–Trinajstić information content (AvgIpc) is 2.38. The molecule has 0 saturated heterocycles. The van der Waals surface area contributed by atoms with Crippen molar-refractivity contribution in [2.24, 2.45) is 5.73 Å². The number of benzene rings is 1. The van der Waals surface area contributed by atoms with E-state index in [1.807, 2.05) is 0 Å². The molecule has 0 aliphatic carbocycles. The fourth-order valence-electron chi connectivity index (χ4n) is 1.21. The van der Waals surface area contributed by atoms with Crippen LogP contribution in [-0.4, -0.2) is 47.6 Å². The van der Waals surface area contributed by atoms with Crippen molar-refractivity contribution in [2.75, 3.05) is 14.1 Å². The predicted molar refractivity (Wildman–Crippen MR) is 72.3 cm³/mol. The minimum absolute atomic E-state index is 0.105. The number of rotatable bonds is 5. The van der Waals surface area contributed by atoms with Crippen LogP contribution in [0.15, 0.2) is 24.3 Å². The molecule has 7 heteroatoms. The molecule has 0 bridgehead atoms. The highest BCUT2D eigenvalue weighted by Crippen LogP contribution is 2.15. The second-order valence-electron chi connectivity index (χ2n) is 4.20. The Morgan fingerprint density at radius 3 is 2.30 bits per heavy atom. The first-order chi connectivity index (χ1) is 9.27.